The third-order valence-electron chi connectivity index (χ3n) is 4.78. The van der Waals surface area contributed by atoms with E-state index < -0.39 is 0 Å². The van der Waals surface area contributed by atoms with Gasteiger partial charge < -0.3 is 5.32 Å². The molecule has 1 atom stereocenters. The van der Waals surface area contributed by atoms with Crippen molar-refractivity contribution < 1.29 is 0 Å². The van der Waals surface area contributed by atoms with Gasteiger partial charge in [-0.25, -0.2) is 0 Å². The Labute approximate surface area is 106 Å². The Morgan fingerprint density at radius 2 is 1.88 bits per heavy atom. The molecule has 17 heavy (non-hydrogen) atoms. The van der Waals surface area contributed by atoms with E-state index >= 15 is 0 Å². The second-order valence-corrected chi connectivity index (χ2v) is 6.45. The van der Waals surface area contributed by atoms with Crippen LogP contribution in [0.25, 0.3) is 0 Å². The molecule has 0 spiro atoms. The van der Waals surface area contributed by atoms with E-state index in [1.54, 1.807) is 0 Å². The summed E-state index contributed by atoms with van der Waals surface area (Å²) in [5.41, 5.74) is 0. The second-order valence-electron chi connectivity index (χ2n) is 6.45. The first-order valence-electron chi connectivity index (χ1n) is 7.86. The molecule has 3 fully saturated rings. The summed E-state index contributed by atoms with van der Waals surface area (Å²) in [5.74, 6) is 2.14. The highest BCUT2D eigenvalue weighted by atomic mass is 15.2. The molecule has 0 radical (unpaired) electrons. The standard InChI is InChI=1S/C15H28N2/c1-2-4-14-11-17(10-3-9-16-14)15(12-5-6-12)13-7-8-13/h12-16H,2-11H2,1H3. The van der Waals surface area contributed by atoms with E-state index in [-0.39, 0.29) is 0 Å². The van der Waals surface area contributed by atoms with Crippen molar-refractivity contribution in [3.8, 4) is 0 Å². The predicted molar refractivity (Wildman–Crippen MR) is 72.1 cm³/mol. The maximum absolute atomic E-state index is 3.74. The van der Waals surface area contributed by atoms with Gasteiger partial charge in [0.2, 0.25) is 0 Å². The molecule has 3 rings (SSSR count). The Morgan fingerprint density at radius 1 is 1.18 bits per heavy atom. The van der Waals surface area contributed by atoms with E-state index in [0.29, 0.717) is 0 Å². The van der Waals surface area contributed by atoms with Crippen molar-refractivity contribution in [1.29, 1.82) is 0 Å². The largest absolute Gasteiger partial charge is 0.313 e. The molecule has 0 amide bonds. The first-order valence-corrected chi connectivity index (χ1v) is 7.86. The Hall–Kier alpha value is -0.0800. The van der Waals surface area contributed by atoms with Crippen LogP contribution in [0.15, 0.2) is 0 Å². The fourth-order valence-corrected chi connectivity index (χ4v) is 3.70. The van der Waals surface area contributed by atoms with Crippen LogP contribution in [0.5, 0.6) is 0 Å². The van der Waals surface area contributed by atoms with Gasteiger partial charge in [0.05, 0.1) is 0 Å². The summed E-state index contributed by atoms with van der Waals surface area (Å²) in [6, 6.07) is 1.73. The van der Waals surface area contributed by atoms with Gasteiger partial charge in [-0.15, -0.1) is 0 Å². The zero-order valence-electron chi connectivity index (χ0n) is 11.3. The minimum Gasteiger partial charge on any atom is -0.313 e. The molecular weight excluding hydrogens is 208 g/mol. The predicted octanol–water partition coefficient (Wildman–Crippen LogP) is 2.64. The number of hydrogen-bond acceptors (Lipinski definition) is 2. The minimum absolute atomic E-state index is 0.766. The Bertz CT molecular complexity index is 233. The van der Waals surface area contributed by atoms with E-state index in [1.807, 2.05) is 0 Å². The lowest BCUT2D eigenvalue weighted by atomic mass is 10.0. The zero-order valence-corrected chi connectivity index (χ0v) is 11.3. The van der Waals surface area contributed by atoms with Crippen LogP contribution >= 0.6 is 0 Å². The molecule has 3 aliphatic rings. The summed E-state index contributed by atoms with van der Waals surface area (Å²) in [4.78, 5) is 2.87. The molecular formula is C15H28N2. The van der Waals surface area contributed by atoms with Gasteiger partial charge in [-0.1, -0.05) is 13.3 Å². The first kappa shape index (κ1) is 12.0. The minimum atomic E-state index is 0.766. The molecule has 0 aromatic carbocycles. The molecule has 1 heterocycles. The van der Waals surface area contributed by atoms with Crippen molar-refractivity contribution in [3.63, 3.8) is 0 Å². The summed E-state index contributed by atoms with van der Waals surface area (Å²) >= 11 is 0. The van der Waals surface area contributed by atoms with Gasteiger partial charge in [-0.2, -0.15) is 0 Å². The SMILES string of the molecule is CCCC1CN(C(C2CC2)C2CC2)CCCN1. The molecule has 1 saturated heterocycles. The van der Waals surface area contributed by atoms with Crippen LogP contribution in [0.2, 0.25) is 0 Å². The Balaban J connectivity index is 1.62. The van der Waals surface area contributed by atoms with Crippen molar-refractivity contribution in [2.24, 2.45) is 11.8 Å². The van der Waals surface area contributed by atoms with Crippen molar-refractivity contribution >= 4 is 0 Å². The van der Waals surface area contributed by atoms with Crippen molar-refractivity contribution in [2.75, 3.05) is 19.6 Å². The first-order chi connectivity index (χ1) is 8.38. The molecule has 2 aliphatic carbocycles. The molecule has 2 nitrogen and oxygen atoms in total. The lowest BCUT2D eigenvalue weighted by Gasteiger charge is -2.33. The summed E-state index contributed by atoms with van der Waals surface area (Å²) in [6.45, 7) is 6.23. The molecule has 98 valence electrons. The van der Waals surface area contributed by atoms with Gasteiger partial charge in [-0.3, -0.25) is 4.90 Å². The van der Waals surface area contributed by atoms with Gasteiger partial charge in [0, 0.05) is 18.6 Å². The zero-order chi connectivity index (χ0) is 11.7. The van der Waals surface area contributed by atoms with E-state index in [4.69, 9.17) is 0 Å². The summed E-state index contributed by atoms with van der Waals surface area (Å²) in [5, 5.41) is 3.74. The van der Waals surface area contributed by atoms with Crippen LogP contribution in [0.4, 0.5) is 0 Å². The molecule has 0 bridgehead atoms. The molecule has 1 aliphatic heterocycles. The average molecular weight is 236 g/mol. The molecule has 2 saturated carbocycles. The van der Waals surface area contributed by atoms with Crippen molar-refractivity contribution in [2.45, 2.75) is 64.0 Å². The van der Waals surface area contributed by atoms with Crippen LogP contribution in [0.1, 0.15) is 51.9 Å². The number of nitrogens with zero attached hydrogens (tertiary/aromatic N) is 1. The Morgan fingerprint density at radius 3 is 2.47 bits per heavy atom. The highest BCUT2D eigenvalue weighted by molar-refractivity contribution is 4.98. The number of hydrogen-bond donors (Lipinski definition) is 1. The summed E-state index contributed by atoms with van der Waals surface area (Å²) < 4.78 is 0. The molecule has 1 unspecified atom stereocenters. The molecule has 1 N–H and O–H groups in total. The van der Waals surface area contributed by atoms with Crippen molar-refractivity contribution in [1.82, 2.24) is 10.2 Å². The van der Waals surface area contributed by atoms with E-state index in [2.05, 4.69) is 17.1 Å². The third-order valence-corrected chi connectivity index (χ3v) is 4.78. The van der Waals surface area contributed by atoms with Gasteiger partial charge >= 0.3 is 0 Å². The fraction of sp³-hybridized carbons (Fsp3) is 1.00. The highest BCUT2D eigenvalue weighted by Crippen LogP contribution is 2.47. The lowest BCUT2D eigenvalue weighted by Crippen LogP contribution is -2.44. The van der Waals surface area contributed by atoms with Crippen LogP contribution in [-0.2, 0) is 0 Å². The normalized spacial score (nSPS) is 31.8. The lowest BCUT2D eigenvalue weighted by molar-refractivity contribution is 0.151. The van der Waals surface area contributed by atoms with E-state index in [9.17, 15) is 0 Å². The van der Waals surface area contributed by atoms with Crippen LogP contribution in [0, 0.1) is 11.8 Å². The highest BCUT2D eigenvalue weighted by Gasteiger charge is 2.44. The fourth-order valence-electron chi connectivity index (χ4n) is 3.70. The maximum atomic E-state index is 3.74. The monoisotopic (exact) mass is 236 g/mol. The molecule has 0 aromatic rings. The quantitative estimate of drug-likeness (QED) is 0.789. The van der Waals surface area contributed by atoms with Gasteiger partial charge in [0.15, 0.2) is 0 Å². The van der Waals surface area contributed by atoms with Gasteiger partial charge in [-0.05, 0) is 63.5 Å². The van der Waals surface area contributed by atoms with Crippen LogP contribution < -0.4 is 5.32 Å². The van der Waals surface area contributed by atoms with Crippen molar-refractivity contribution in [3.05, 3.63) is 0 Å². The van der Waals surface area contributed by atoms with Gasteiger partial charge in [0.25, 0.3) is 0 Å². The third kappa shape index (κ3) is 3.03. The average Bonchev–Trinajstić information content (AvgIpc) is 3.18. The molecule has 2 heteroatoms. The topological polar surface area (TPSA) is 15.3 Å². The van der Waals surface area contributed by atoms with E-state index in [0.717, 1.165) is 23.9 Å². The van der Waals surface area contributed by atoms with Crippen LogP contribution in [0.3, 0.4) is 0 Å². The smallest absolute Gasteiger partial charge is 0.0195 e. The van der Waals surface area contributed by atoms with Gasteiger partial charge in [0.1, 0.15) is 0 Å². The van der Waals surface area contributed by atoms with Crippen LogP contribution in [-0.4, -0.2) is 36.6 Å². The summed E-state index contributed by atoms with van der Waals surface area (Å²) in [7, 11) is 0. The summed E-state index contributed by atoms with van der Waals surface area (Å²) in [6.07, 6.45) is 10.1. The number of nitrogens with one attached hydrogen (secondary N) is 1. The maximum Gasteiger partial charge on any atom is 0.0195 e. The Kier molecular flexibility index (Phi) is 3.72. The van der Waals surface area contributed by atoms with E-state index in [1.165, 1.54) is 64.6 Å². The second kappa shape index (κ2) is 5.27. The number of rotatable bonds is 5. The molecule has 0 aromatic heterocycles.